The van der Waals surface area contributed by atoms with E-state index in [-0.39, 0.29) is 0 Å². The average Bonchev–Trinajstić information content (AvgIpc) is 2.86. The van der Waals surface area contributed by atoms with Crippen molar-refractivity contribution in [1.82, 2.24) is 0 Å². The van der Waals surface area contributed by atoms with Crippen LogP contribution in [0.1, 0.15) is 11.1 Å². The minimum atomic E-state index is 0.339. The van der Waals surface area contributed by atoms with Gasteiger partial charge in [0.15, 0.2) is 0 Å². The van der Waals surface area contributed by atoms with E-state index in [4.69, 9.17) is 37.4 Å². The molecule has 0 fully saturated rings. The molecule has 5 heteroatoms. The van der Waals surface area contributed by atoms with Crippen molar-refractivity contribution in [2.75, 3.05) is 14.2 Å². The molecule has 4 aromatic carbocycles. The zero-order chi connectivity index (χ0) is 23.2. The first-order chi connectivity index (χ1) is 16.1. The van der Waals surface area contributed by atoms with Gasteiger partial charge < -0.3 is 14.2 Å². The zero-order valence-corrected chi connectivity index (χ0v) is 20.0. The van der Waals surface area contributed by atoms with Crippen LogP contribution >= 0.6 is 23.2 Å². The second-order valence-electron chi connectivity index (χ2n) is 7.46. The molecule has 0 atom stereocenters. The zero-order valence-electron chi connectivity index (χ0n) is 18.5. The molecule has 0 saturated carbocycles. The number of benzene rings is 4. The van der Waals surface area contributed by atoms with Gasteiger partial charge in [-0.3, -0.25) is 0 Å². The van der Waals surface area contributed by atoms with Crippen molar-refractivity contribution in [1.29, 1.82) is 0 Å². The average molecular weight is 479 g/mol. The molecular formula is C28H24Cl2O3. The van der Waals surface area contributed by atoms with Crippen LogP contribution in [0, 0.1) is 0 Å². The molecule has 3 nitrogen and oxygen atoms in total. The maximum Gasteiger partial charge on any atom is 0.128 e. The number of ether oxygens (including phenoxy) is 3. The van der Waals surface area contributed by atoms with Gasteiger partial charge in [-0.25, -0.2) is 0 Å². The number of methoxy groups -OCH3 is 2. The highest BCUT2D eigenvalue weighted by Crippen LogP contribution is 2.40. The largest absolute Gasteiger partial charge is 0.496 e. The summed E-state index contributed by atoms with van der Waals surface area (Å²) >= 11 is 13.6. The van der Waals surface area contributed by atoms with Crippen LogP contribution < -0.4 is 9.47 Å². The Balaban J connectivity index is 1.57. The van der Waals surface area contributed by atoms with Crippen LogP contribution in [0.3, 0.4) is 0 Å². The fourth-order valence-corrected chi connectivity index (χ4v) is 4.42. The summed E-state index contributed by atoms with van der Waals surface area (Å²) in [6.07, 6.45) is 0. The summed E-state index contributed by atoms with van der Waals surface area (Å²) in [4.78, 5) is 0. The monoisotopic (exact) mass is 478 g/mol. The van der Waals surface area contributed by atoms with E-state index in [0.717, 1.165) is 44.9 Å². The van der Waals surface area contributed by atoms with Crippen molar-refractivity contribution in [3.63, 3.8) is 0 Å². The second-order valence-corrected chi connectivity index (χ2v) is 8.21. The van der Waals surface area contributed by atoms with E-state index in [9.17, 15) is 0 Å². The van der Waals surface area contributed by atoms with Crippen LogP contribution in [0.5, 0.6) is 11.5 Å². The number of hydrogen-bond acceptors (Lipinski definition) is 3. The molecule has 4 aromatic rings. The molecular weight excluding hydrogens is 455 g/mol. The second kappa shape index (κ2) is 10.8. The Bertz CT molecular complexity index is 1130. The molecule has 0 aliphatic rings. The van der Waals surface area contributed by atoms with E-state index in [1.165, 1.54) is 0 Å². The summed E-state index contributed by atoms with van der Waals surface area (Å²) in [5.74, 6) is 1.45. The highest BCUT2D eigenvalue weighted by atomic mass is 35.5. The summed E-state index contributed by atoms with van der Waals surface area (Å²) in [6, 6.07) is 27.6. The van der Waals surface area contributed by atoms with Gasteiger partial charge in [-0.1, -0.05) is 96.0 Å². The van der Waals surface area contributed by atoms with Crippen molar-refractivity contribution in [2.45, 2.75) is 13.2 Å². The summed E-state index contributed by atoms with van der Waals surface area (Å²) < 4.78 is 17.1. The number of hydrogen-bond donors (Lipinski definition) is 0. The highest BCUT2D eigenvalue weighted by Gasteiger charge is 2.17. The predicted molar refractivity (Wildman–Crippen MR) is 135 cm³/mol. The lowest BCUT2D eigenvalue weighted by Gasteiger charge is -2.16. The van der Waals surface area contributed by atoms with E-state index < -0.39 is 0 Å². The fourth-order valence-electron chi connectivity index (χ4n) is 3.78. The van der Waals surface area contributed by atoms with Crippen LogP contribution in [-0.2, 0) is 18.0 Å². The van der Waals surface area contributed by atoms with E-state index >= 15 is 0 Å². The minimum absolute atomic E-state index is 0.339. The van der Waals surface area contributed by atoms with E-state index in [1.54, 1.807) is 14.2 Å². The molecule has 0 spiro atoms. The van der Waals surface area contributed by atoms with Gasteiger partial charge in [0.1, 0.15) is 11.5 Å². The van der Waals surface area contributed by atoms with Gasteiger partial charge in [0.05, 0.1) is 37.5 Å². The maximum absolute atomic E-state index is 6.78. The molecule has 0 bridgehead atoms. The Hall–Kier alpha value is -2.98. The molecule has 0 aliphatic heterocycles. The van der Waals surface area contributed by atoms with Gasteiger partial charge in [0.2, 0.25) is 0 Å². The Morgan fingerprint density at radius 2 is 0.939 bits per heavy atom. The number of rotatable bonds is 8. The lowest BCUT2D eigenvalue weighted by atomic mass is 10.0. The molecule has 0 heterocycles. The first-order valence-electron chi connectivity index (χ1n) is 10.5. The summed E-state index contributed by atoms with van der Waals surface area (Å²) in [7, 11) is 3.29. The molecule has 0 N–H and O–H groups in total. The molecule has 168 valence electrons. The fraction of sp³-hybridized carbons (Fsp3) is 0.143. The Morgan fingerprint density at radius 3 is 1.30 bits per heavy atom. The maximum atomic E-state index is 6.78. The normalized spacial score (nSPS) is 10.8. The quantitative estimate of drug-likeness (QED) is 0.256. The van der Waals surface area contributed by atoms with Crippen molar-refractivity contribution in [2.24, 2.45) is 0 Å². The summed E-state index contributed by atoms with van der Waals surface area (Å²) in [5.41, 5.74) is 5.46. The van der Waals surface area contributed by atoms with Crippen molar-refractivity contribution in [3.05, 3.63) is 106 Å². The van der Waals surface area contributed by atoms with E-state index in [0.29, 0.717) is 23.3 Å². The van der Waals surface area contributed by atoms with E-state index in [1.807, 2.05) is 84.9 Å². The van der Waals surface area contributed by atoms with Crippen molar-refractivity contribution >= 4 is 23.2 Å². The van der Waals surface area contributed by atoms with Crippen molar-refractivity contribution in [3.8, 4) is 33.8 Å². The van der Waals surface area contributed by atoms with Crippen LogP contribution in [-0.4, -0.2) is 14.2 Å². The molecule has 0 unspecified atom stereocenters. The third-order valence-electron chi connectivity index (χ3n) is 5.45. The van der Waals surface area contributed by atoms with Gasteiger partial charge in [-0.05, 0) is 34.4 Å². The molecule has 4 rings (SSSR count). The Morgan fingerprint density at radius 1 is 0.545 bits per heavy atom. The Labute approximate surface area is 204 Å². The predicted octanol–water partition coefficient (Wildman–Crippen LogP) is 8.06. The van der Waals surface area contributed by atoms with Crippen LogP contribution in [0.2, 0.25) is 10.0 Å². The smallest absolute Gasteiger partial charge is 0.128 e. The Kier molecular flexibility index (Phi) is 7.56. The van der Waals surface area contributed by atoms with Gasteiger partial charge in [0, 0.05) is 11.1 Å². The molecule has 0 aliphatic carbocycles. The topological polar surface area (TPSA) is 27.7 Å². The summed E-state index contributed by atoms with van der Waals surface area (Å²) in [6.45, 7) is 0.678. The van der Waals surface area contributed by atoms with Gasteiger partial charge in [0.25, 0.3) is 0 Å². The third kappa shape index (κ3) is 5.01. The van der Waals surface area contributed by atoms with Gasteiger partial charge in [-0.2, -0.15) is 0 Å². The first kappa shape index (κ1) is 23.2. The molecule has 0 saturated heterocycles. The number of halogens is 2. The van der Waals surface area contributed by atoms with Crippen LogP contribution in [0.15, 0.2) is 84.9 Å². The van der Waals surface area contributed by atoms with Crippen LogP contribution in [0.4, 0.5) is 0 Å². The SMILES string of the molecule is COc1ccc(COCc2ccc(OC)c(-c3ccccc3)c2Cl)c(Cl)c1-c1ccccc1. The van der Waals surface area contributed by atoms with Gasteiger partial charge in [-0.15, -0.1) is 0 Å². The van der Waals surface area contributed by atoms with Gasteiger partial charge >= 0.3 is 0 Å². The molecule has 0 radical (unpaired) electrons. The van der Waals surface area contributed by atoms with E-state index in [2.05, 4.69) is 0 Å². The minimum Gasteiger partial charge on any atom is -0.496 e. The molecule has 33 heavy (non-hydrogen) atoms. The third-order valence-corrected chi connectivity index (χ3v) is 6.31. The summed E-state index contributed by atoms with van der Waals surface area (Å²) in [5, 5.41) is 1.23. The van der Waals surface area contributed by atoms with Crippen LogP contribution in [0.25, 0.3) is 22.3 Å². The van der Waals surface area contributed by atoms with Crippen molar-refractivity contribution < 1.29 is 14.2 Å². The molecule has 0 aromatic heterocycles. The standard InChI is InChI=1S/C28H24Cl2O3/c1-31-23-15-13-21(27(29)25(23)19-9-5-3-6-10-19)17-33-18-22-14-16-24(32-2)26(28(22)30)20-11-7-4-8-12-20/h3-16H,17-18H2,1-2H3. The lowest BCUT2D eigenvalue weighted by Crippen LogP contribution is -1.99. The lowest BCUT2D eigenvalue weighted by molar-refractivity contribution is 0.107. The first-order valence-corrected chi connectivity index (χ1v) is 11.3. The highest BCUT2D eigenvalue weighted by molar-refractivity contribution is 6.35. The molecule has 0 amide bonds.